The molecule has 0 spiro atoms. The van der Waals surface area contributed by atoms with E-state index in [1.54, 1.807) is 24.3 Å². The monoisotopic (exact) mass is 741 g/mol. The van der Waals surface area contributed by atoms with E-state index in [9.17, 15) is 19.9 Å². The number of para-hydroxylation sites is 1. The van der Waals surface area contributed by atoms with Gasteiger partial charge in [0.1, 0.15) is 27.8 Å². The number of rotatable bonds is 11. The molecule has 1 aromatic heterocycles. The van der Waals surface area contributed by atoms with Crippen molar-refractivity contribution < 1.29 is 47.6 Å². The minimum Gasteiger partial charge on any atom is -0.545 e. The summed E-state index contributed by atoms with van der Waals surface area (Å²) in [6.45, 7) is 1.97. The van der Waals surface area contributed by atoms with Crippen LogP contribution >= 0.6 is 23.2 Å². The van der Waals surface area contributed by atoms with Gasteiger partial charge in [0.05, 0.1) is 32.4 Å². The van der Waals surface area contributed by atoms with Gasteiger partial charge in [-0.25, -0.2) is 13.6 Å². The normalized spacial score (nSPS) is 18.6. The lowest BCUT2D eigenvalue weighted by Gasteiger charge is -2.44. The fourth-order valence-electron chi connectivity index (χ4n) is 7.03. The molecule has 7 rings (SSSR count). The standard InChI is InChI=1S/C37H35Cl2F2N3O7/c1-49-31-10-8-22(15-32(31)50-2)25(16-26-27(38)18-43(48)19-28(26)39)34-23(7-9-24(35(34)41)36(45)46)17-44(30-6-4-3-5-29(30)40)37(47)51-33-20-42-13-11-21(33)12-14-42/h3-10,15,18-19,21,25,33H,11-14,16-17,20H2,1-2H3,(H-,45,46,48)/t25-,33-/m0/s1. The van der Waals surface area contributed by atoms with Gasteiger partial charge in [0, 0.05) is 33.9 Å². The number of fused-ring (bicyclic) bond motifs is 3. The number of carbonyl (C=O) groups is 2. The summed E-state index contributed by atoms with van der Waals surface area (Å²) in [5, 5.41) is 22.3. The molecular weight excluding hydrogens is 707 g/mol. The van der Waals surface area contributed by atoms with E-state index >= 15 is 8.78 Å². The molecule has 1 N–H and O–H groups in total. The molecule has 0 saturated carbocycles. The maximum absolute atomic E-state index is 16.8. The Hall–Kier alpha value is -4.65. The number of benzene rings is 3. The number of aromatic nitrogens is 1. The molecule has 0 aliphatic carbocycles. The number of carbonyl (C=O) groups excluding carboxylic acids is 2. The van der Waals surface area contributed by atoms with E-state index < -0.39 is 47.8 Å². The molecule has 2 bridgehead atoms. The summed E-state index contributed by atoms with van der Waals surface area (Å²) in [6.07, 6.45) is 2.78. The van der Waals surface area contributed by atoms with E-state index in [1.165, 1.54) is 50.9 Å². The number of halogens is 4. The Morgan fingerprint density at radius 3 is 2.31 bits per heavy atom. The number of ether oxygens (including phenoxy) is 3. The van der Waals surface area contributed by atoms with Crippen molar-refractivity contribution >= 4 is 41.0 Å². The number of aromatic carboxylic acids is 1. The van der Waals surface area contributed by atoms with Crippen LogP contribution < -0.4 is 24.2 Å². The molecule has 268 valence electrons. The van der Waals surface area contributed by atoms with Gasteiger partial charge in [-0.1, -0.05) is 47.5 Å². The van der Waals surface area contributed by atoms with E-state index in [0.717, 1.165) is 36.9 Å². The number of hydrogen-bond acceptors (Lipinski definition) is 8. The van der Waals surface area contributed by atoms with Crippen molar-refractivity contribution in [2.75, 3.05) is 38.8 Å². The van der Waals surface area contributed by atoms with Crippen LogP contribution in [0.3, 0.4) is 0 Å². The average Bonchev–Trinajstić information content (AvgIpc) is 3.11. The average molecular weight is 743 g/mol. The number of hydrogen-bond donors (Lipinski definition) is 1. The summed E-state index contributed by atoms with van der Waals surface area (Å²) in [5.74, 6) is -3.82. The first kappa shape index (κ1) is 36.2. The quantitative estimate of drug-likeness (QED) is 0.152. The summed E-state index contributed by atoms with van der Waals surface area (Å²) in [6, 6.07) is 12.9. The highest BCUT2D eigenvalue weighted by molar-refractivity contribution is 6.35. The van der Waals surface area contributed by atoms with Crippen LogP contribution in [0.25, 0.3) is 0 Å². The first-order valence-corrected chi connectivity index (χ1v) is 17.0. The van der Waals surface area contributed by atoms with E-state index in [2.05, 4.69) is 4.90 Å². The van der Waals surface area contributed by atoms with Gasteiger partial charge in [-0.05, 0) is 79.7 Å². The first-order valence-electron chi connectivity index (χ1n) is 16.3. The lowest BCUT2D eigenvalue weighted by Crippen LogP contribution is -2.53. The van der Waals surface area contributed by atoms with Crippen molar-refractivity contribution in [1.82, 2.24) is 4.90 Å². The molecule has 3 saturated heterocycles. The summed E-state index contributed by atoms with van der Waals surface area (Å²) in [5.41, 5.74) is -0.0993. The van der Waals surface area contributed by atoms with Gasteiger partial charge in [0.2, 0.25) is 12.4 Å². The molecule has 10 nitrogen and oxygen atoms in total. The summed E-state index contributed by atoms with van der Waals surface area (Å²) in [7, 11) is 2.88. The van der Waals surface area contributed by atoms with Crippen LogP contribution in [0.4, 0.5) is 19.3 Å². The third kappa shape index (κ3) is 7.53. The zero-order valence-corrected chi connectivity index (χ0v) is 29.3. The fraction of sp³-hybridized carbons (Fsp3) is 0.324. The molecule has 3 aliphatic rings. The van der Waals surface area contributed by atoms with Crippen LogP contribution in [0.2, 0.25) is 10.0 Å². The van der Waals surface area contributed by atoms with E-state index in [0.29, 0.717) is 33.9 Å². The molecule has 2 atom stereocenters. The number of anilines is 1. The Morgan fingerprint density at radius 2 is 1.71 bits per heavy atom. The van der Waals surface area contributed by atoms with Crippen molar-refractivity contribution in [1.29, 1.82) is 0 Å². The molecule has 4 heterocycles. The second-order valence-electron chi connectivity index (χ2n) is 12.6. The van der Waals surface area contributed by atoms with Crippen LogP contribution in [-0.2, 0) is 17.7 Å². The Kier molecular flexibility index (Phi) is 10.8. The molecule has 3 aromatic carbocycles. The van der Waals surface area contributed by atoms with Crippen molar-refractivity contribution in [3.8, 4) is 11.5 Å². The maximum atomic E-state index is 16.8. The van der Waals surface area contributed by atoms with Crippen molar-refractivity contribution in [2.24, 2.45) is 5.92 Å². The molecule has 51 heavy (non-hydrogen) atoms. The predicted molar refractivity (Wildman–Crippen MR) is 182 cm³/mol. The van der Waals surface area contributed by atoms with Gasteiger partial charge in [-0.3, -0.25) is 15.0 Å². The number of nitrogens with zero attached hydrogens (tertiary/aromatic N) is 3. The largest absolute Gasteiger partial charge is 0.545 e. The van der Waals surface area contributed by atoms with Crippen LogP contribution in [0, 0.1) is 17.6 Å². The minimum absolute atomic E-state index is 0.0440. The highest BCUT2D eigenvalue weighted by Gasteiger charge is 2.38. The zero-order valence-electron chi connectivity index (χ0n) is 27.8. The minimum atomic E-state index is -1.77. The van der Waals surface area contributed by atoms with Gasteiger partial charge in [0.15, 0.2) is 11.5 Å². The van der Waals surface area contributed by atoms with Crippen LogP contribution in [-0.4, -0.2) is 62.1 Å². The maximum Gasteiger partial charge on any atom is 0.415 e. The number of piperidine rings is 3. The predicted octanol–water partition coefficient (Wildman–Crippen LogP) is 5.79. The summed E-state index contributed by atoms with van der Waals surface area (Å²) >= 11 is 13.1. The molecule has 1 amide bonds. The third-order valence-electron chi connectivity index (χ3n) is 9.66. The lowest BCUT2D eigenvalue weighted by atomic mass is 9.82. The molecule has 3 fully saturated rings. The van der Waals surface area contributed by atoms with Crippen molar-refractivity contribution in [3.63, 3.8) is 0 Å². The molecule has 0 radical (unpaired) electrons. The van der Waals surface area contributed by atoms with Gasteiger partial charge in [0.25, 0.3) is 0 Å². The topological polar surface area (TPSA) is 115 Å². The smallest absolute Gasteiger partial charge is 0.415 e. The van der Waals surface area contributed by atoms with Gasteiger partial charge in [-0.2, -0.15) is 0 Å². The third-order valence-corrected chi connectivity index (χ3v) is 10.3. The van der Waals surface area contributed by atoms with Gasteiger partial charge >= 0.3 is 6.09 Å². The SMILES string of the molecule is COc1ccc([C@H](Cc2c(Cl)c[n+](O)cc2Cl)c2c(CN(C(=O)O[C@H]3CN4CCC3CC4)c3ccccc3F)ccc(C(=O)[O-])c2F)cc1OC. The molecule has 4 aromatic rings. The Balaban J connectivity index is 1.51. The molecule has 0 unspecified atom stereocenters. The second kappa shape index (κ2) is 15.3. The summed E-state index contributed by atoms with van der Waals surface area (Å²) in [4.78, 5) is 29.6. The molecular formula is C37H35Cl2F2N3O7. The zero-order chi connectivity index (χ0) is 36.4. The van der Waals surface area contributed by atoms with Gasteiger partial charge < -0.3 is 24.1 Å². The number of carboxylic acid groups (broad SMARTS) is 1. The first-order chi connectivity index (χ1) is 24.5. The highest BCUT2D eigenvalue weighted by atomic mass is 35.5. The van der Waals surface area contributed by atoms with Gasteiger partial charge in [-0.15, -0.1) is 0 Å². The van der Waals surface area contributed by atoms with Crippen LogP contribution in [0.5, 0.6) is 11.5 Å². The summed E-state index contributed by atoms with van der Waals surface area (Å²) < 4.78 is 49.9. The highest BCUT2D eigenvalue weighted by Crippen LogP contribution is 2.41. The number of carboxylic acids is 1. The van der Waals surface area contributed by atoms with Crippen LogP contribution in [0.15, 0.2) is 67.0 Å². The Bertz CT molecular complexity index is 1930. The second-order valence-corrected chi connectivity index (χ2v) is 13.4. The van der Waals surface area contributed by atoms with E-state index in [-0.39, 0.29) is 39.2 Å². The van der Waals surface area contributed by atoms with Crippen molar-refractivity contribution in [2.45, 2.75) is 37.8 Å². The number of methoxy groups -OCH3 is 2. The van der Waals surface area contributed by atoms with Crippen LogP contribution in [0.1, 0.15) is 51.4 Å². The van der Waals surface area contributed by atoms with E-state index in [4.69, 9.17) is 37.4 Å². The lowest BCUT2D eigenvalue weighted by molar-refractivity contribution is -0.904. The number of amides is 1. The Labute approximate surface area is 303 Å². The Morgan fingerprint density at radius 1 is 1.02 bits per heavy atom. The number of pyridine rings is 1. The molecule has 3 aliphatic heterocycles. The van der Waals surface area contributed by atoms with E-state index in [1.807, 2.05) is 0 Å². The van der Waals surface area contributed by atoms with Crippen molar-refractivity contribution in [3.05, 3.63) is 116 Å². The fourth-order valence-corrected chi connectivity index (χ4v) is 7.63. The molecule has 14 heteroatoms.